The summed E-state index contributed by atoms with van der Waals surface area (Å²) in [4.78, 5) is 12.8. The van der Waals surface area contributed by atoms with Crippen LogP contribution in [-0.4, -0.2) is 27.1 Å². The molecule has 6 nitrogen and oxygen atoms in total. The van der Waals surface area contributed by atoms with Crippen LogP contribution in [0.1, 0.15) is 15.4 Å². The molecular weight excluding hydrogens is 296 g/mol. The highest BCUT2D eigenvalue weighted by Gasteiger charge is 2.15. The first-order valence-electron chi connectivity index (χ1n) is 5.68. The Morgan fingerprint density at radius 2 is 2.25 bits per heavy atom. The smallest absolute Gasteiger partial charge is 0.269 e. The molecule has 0 fully saturated rings. The van der Waals surface area contributed by atoms with E-state index < -0.39 is 0 Å². The molecule has 0 aliphatic heterocycles. The summed E-state index contributed by atoms with van der Waals surface area (Å²) in [5, 5.41) is 6.56. The van der Waals surface area contributed by atoms with E-state index in [4.69, 9.17) is 22.7 Å². The largest absolute Gasteiger partial charge is 0.484 e. The average Bonchev–Trinajstić information content (AvgIpc) is 2.84. The van der Waals surface area contributed by atoms with Crippen LogP contribution in [0.4, 0.5) is 5.69 Å². The number of nitrogens with zero attached hydrogens (tertiary/aromatic N) is 2. The molecule has 20 heavy (non-hydrogen) atoms. The van der Waals surface area contributed by atoms with Crippen LogP contribution >= 0.6 is 23.8 Å². The minimum absolute atomic E-state index is 0.114. The molecule has 1 aromatic heterocycles. The molecule has 0 bridgehead atoms. The second-order valence-corrected chi connectivity index (χ2v) is 5.17. The fourth-order valence-electron chi connectivity index (χ4n) is 1.46. The molecule has 1 aromatic carbocycles. The molecular formula is C12H12N4O2S2. The second-order valence-electron chi connectivity index (χ2n) is 3.89. The number of aromatic nitrogens is 2. The number of carbonyl (C=O) groups excluding carboxylic acids is 1. The highest BCUT2D eigenvalue weighted by Crippen LogP contribution is 2.25. The Morgan fingerprint density at radius 3 is 2.90 bits per heavy atom. The summed E-state index contributed by atoms with van der Waals surface area (Å²) in [7, 11) is 0. The fraction of sp³-hybridized carbons (Fsp3) is 0.167. The molecule has 0 aliphatic rings. The van der Waals surface area contributed by atoms with Crippen molar-refractivity contribution in [3.05, 3.63) is 34.8 Å². The first kappa shape index (κ1) is 14.4. The number of hydrogen-bond acceptors (Lipinski definition) is 6. The van der Waals surface area contributed by atoms with Gasteiger partial charge >= 0.3 is 0 Å². The van der Waals surface area contributed by atoms with Crippen LogP contribution in [0.3, 0.4) is 0 Å². The Bertz CT molecular complexity index is 642. The molecule has 0 aliphatic carbocycles. The fourth-order valence-corrected chi connectivity index (χ4v) is 2.07. The third kappa shape index (κ3) is 3.49. The Labute approximate surface area is 125 Å². The van der Waals surface area contributed by atoms with Gasteiger partial charge in [-0.05, 0) is 30.6 Å². The lowest BCUT2D eigenvalue weighted by Crippen LogP contribution is -2.19. The predicted octanol–water partition coefficient (Wildman–Crippen LogP) is 1.76. The van der Waals surface area contributed by atoms with E-state index in [1.165, 1.54) is 0 Å². The molecule has 0 unspecified atom stereocenters. The second kappa shape index (κ2) is 6.40. The zero-order chi connectivity index (χ0) is 14.5. The quantitative estimate of drug-likeness (QED) is 0.818. The average molecular weight is 308 g/mol. The number of nitrogens with two attached hydrogens (primary N) is 1. The molecule has 0 spiro atoms. The zero-order valence-corrected chi connectivity index (χ0v) is 12.3. The zero-order valence-electron chi connectivity index (χ0n) is 10.6. The van der Waals surface area contributed by atoms with Gasteiger partial charge in [-0.3, -0.25) is 4.79 Å². The number of para-hydroxylation sites is 2. The van der Waals surface area contributed by atoms with Crippen LogP contribution in [0.2, 0.25) is 0 Å². The summed E-state index contributed by atoms with van der Waals surface area (Å²) in [5.74, 6) is 0.229. The van der Waals surface area contributed by atoms with E-state index in [1.807, 2.05) is 0 Å². The number of thiocarbonyl (C=S) groups is 1. The maximum atomic E-state index is 12.1. The Balaban J connectivity index is 2.15. The van der Waals surface area contributed by atoms with Crippen molar-refractivity contribution < 1.29 is 9.53 Å². The third-order valence-electron chi connectivity index (χ3n) is 2.36. The van der Waals surface area contributed by atoms with Crippen LogP contribution < -0.4 is 15.8 Å². The van der Waals surface area contributed by atoms with Gasteiger partial charge in [0, 0.05) is 0 Å². The number of nitrogens with one attached hydrogen (secondary N) is 1. The van der Waals surface area contributed by atoms with E-state index in [0.29, 0.717) is 22.0 Å². The Kier molecular flexibility index (Phi) is 4.59. The molecule has 8 heteroatoms. The van der Waals surface area contributed by atoms with Crippen molar-refractivity contribution in [2.45, 2.75) is 6.92 Å². The number of hydrogen-bond donors (Lipinski definition) is 2. The number of ether oxygens (including phenoxy) is 1. The molecule has 2 rings (SSSR count). The van der Waals surface area contributed by atoms with E-state index in [2.05, 4.69) is 14.9 Å². The molecule has 0 radical (unpaired) electrons. The van der Waals surface area contributed by atoms with Crippen molar-refractivity contribution in [1.29, 1.82) is 0 Å². The normalized spacial score (nSPS) is 10.1. The SMILES string of the molecule is Cc1nnsc1C(=O)Nc1ccccc1OCC(N)=S. The topological polar surface area (TPSA) is 90.1 Å². The van der Waals surface area contributed by atoms with Gasteiger partial charge in [0.2, 0.25) is 0 Å². The van der Waals surface area contributed by atoms with Gasteiger partial charge in [-0.15, -0.1) is 5.10 Å². The van der Waals surface area contributed by atoms with Crippen LogP contribution in [-0.2, 0) is 0 Å². The van der Waals surface area contributed by atoms with Gasteiger partial charge in [0.05, 0.1) is 11.4 Å². The predicted molar refractivity (Wildman–Crippen MR) is 81.3 cm³/mol. The first-order valence-corrected chi connectivity index (χ1v) is 6.86. The number of anilines is 1. The van der Waals surface area contributed by atoms with E-state index in [-0.39, 0.29) is 17.5 Å². The molecule has 0 atom stereocenters. The third-order valence-corrected chi connectivity index (χ3v) is 3.31. The number of rotatable bonds is 5. The Morgan fingerprint density at radius 1 is 1.50 bits per heavy atom. The van der Waals surface area contributed by atoms with Gasteiger partial charge < -0.3 is 15.8 Å². The lowest BCUT2D eigenvalue weighted by Gasteiger charge is -2.11. The van der Waals surface area contributed by atoms with Crippen molar-refractivity contribution in [2.75, 3.05) is 11.9 Å². The maximum Gasteiger partial charge on any atom is 0.269 e. The van der Waals surface area contributed by atoms with Crippen molar-refractivity contribution in [3.8, 4) is 5.75 Å². The number of amides is 1. The molecule has 1 heterocycles. The van der Waals surface area contributed by atoms with Gasteiger partial charge in [0.15, 0.2) is 0 Å². The summed E-state index contributed by atoms with van der Waals surface area (Å²) in [6, 6.07) is 7.05. The maximum absolute atomic E-state index is 12.1. The Hall–Kier alpha value is -2.06. The summed E-state index contributed by atoms with van der Waals surface area (Å²) in [6.45, 7) is 1.84. The van der Waals surface area contributed by atoms with Gasteiger partial charge in [-0.25, -0.2) is 0 Å². The van der Waals surface area contributed by atoms with Crippen LogP contribution in [0.25, 0.3) is 0 Å². The van der Waals surface area contributed by atoms with Gasteiger partial charge in [0.25, 0.3) is 5.91 Å². The van der Waals surface area contributed by atoms with Crippen molar-refractivity contribution in [1.82, 2.24) is 9.59 Å². The number of carbonyl (C=O) groups is 1. The van der Waals surface area contributed by atoms with Gasteiger partial charge in [0.1, 0.15) is 22.2 Å². The lowest BCUT2D eigenvalue weighted by atomic mass is 10.2. The van der Waals surface area contributed by atoms with E-state index in [0.717, 1.165) is 11.5 Å². The number of benzene rings is 1. The molecule has 2 aromatic rings. The summed E-state index contributed by atoms with van der Waals surface area (Å²) in [6.07, 6.45) is 0. The minimum Gasteiger partial charge on any atom is -0.484 e. The van der Waals surface area contributed by atoms with Gasteiger partial charge in [-0.2, -0.15) is 0 Å². The summed E-state index contributed by atoms with van der Waals surface area (Å²) < 4.78 is 9.17. The molecule has 1 amide bonds. The molecule has 0 saturated heterocycles. The monoisotopic (exact) mass is 308 g/mol. The van der Waals surface area contributed by atoms with Crippen molar-refractivity contribution in [3.63, 3.8) is 0 Å². The van der Waals surface area contributed by atoms with E-state index in [1.54, 1.807) is 31.2 Å². The molecule has 3 N–H and O–H groups in total. The minimum atomic E-state index is -0.274. The van der Waals surface area contributed by atoms with Crippen molar-refractivity contribution in [2.24, 2.45) is 5.73 Å². The van der Waals surface area contributed by atoms with E-state index >= 15 is 0 Å². The summed E-state index contributed by atoms with van der Waals surface area (Å²) in [5.41, 5.74) is 6.53. The van der Waals surface area contributed by atoms with E-state index in [9.17, 15) is 4.79 Å². The highest BCUT2D eigenvalue weighted by atomic mass is 32.1. The van der Waals surface area contributed by atoms with Crippen molar-refractivity contribution >= 4 is 40.3 Å². The summed E-state index contributed by atoms with van der Waals surface area (Å²) >= 11 is 5.80. The molecule has 0 saturated carbocycles. The van der Waals surface area contributed by atoms with Crippen LogP contribution in [0.15, 0.2) is 24.3 Å². The van der Waals surface area contributed by atoms with Gasteiger partial charge in [-0.1, -0.05) is 28.8 Å². The van der Waals surface area contributed by atoms with Crippen LogP contribution in [0.5, 0.6) is 5.75 Å². The first-order chi connectivity index (χ1) is 9.58. The lowest BCUT2D eigenvalue weighted by molar-refractivity contribution is 0.102. The standard InChI is InChI=1S/C12H12N4O2S2/c1-7-11(20-16-15-7)12(17)14-8-4-2-3-5-9(8)18-6-10(13)19/h2-5H,6H2,1H3,(H2,13,19)(H,14,17). The molecule has 104 valence electrons. The number of aryl methyl sites for hydroxylation is 1. The highest BCUT2D eigenvalue weighted by molar-refractivity contribution is 7.80. The van der Waals surface area contributed by atoms with Crippen LogP contribution in [0, 0.1) is 6.92 Å².